The molecule has 0 unspecified atom stereocenters. The fourth-order valence-electron chi connectivity index (χ4n) is 3.92. The van der Waals surface area contributed by atoms with E-state index in [-0.39, 0.29) is 11.8 Å². The van der Waals surface area contributed by atoms with Crippen molar-refractivity contribution in [2.45, 2.75) is 32.7 Å². The number of nitrogens with zero attached hydrogens (tertiary/aromatic N) is 4. The number of rotatable bonds is 6. The average molecular weight is 418 g/mol. The maximum Gasteiger partial charge on any atom is 0.257 e. The van der Waals surface area contributed by atoms with Gasteiger partial charge in [-0.05, 0) is 49.9 Å². The van der Waals surface area contributed by atoms with Crippen molar-refractivity contribution in [3.05, 3.63) is 77.9 Å². The molecule has 1 aliphatic heterocycles. The first-order valence-corrected chi connectivity index (χ1v) is 10.7. The lowest BCUT2D eigenvalue weighted by molar-refractivity contribution is -0.122. The number of aryl methyl sites for hydroxylation is 1. The zero-order valence-corrected chi connectivity index (χ0v) is 17.7. The van der Waals surface area contributed by atoms with Gasteiger partial charge in [0, 0.05) is 31.9 Å². The molecule has 31 heavy (non-hydrogen) atoms. The predicted molar refractivity (Wildman–Crippen MR) is 118 cm³/mol. The number of benzene rings is 1. The Kier molecular flexibility index (Phi) is 6.40. The number of nitrogens with one attached hydrogen (secondary N) is 1. The molecule has 2 amide bonds. The second-order valence-corrected chi connectivity index (χ2v) is 7.95. The lowest BCUT2D eigenvalue weighted by Gasteiger charge is -2.31. The summed E-state index contributed by atoms with van der Waals surface area (Å²) in [6.07, 6.45) is 5.67. The molecule has 3 aromatic rings. The molecule has 0 bridgehead atoms. The van der Waals surface area contributed by atoms with E-state index in [9.17, 15) is 9.59 Å². The Morgan fingerprint density at radius 2 is 1.81 bits per heavy atom. The minimum absolute atomic E-state index is 0.0118. The molecule has 0 atom stereocenters. The van der Waals surface area contributed by atoms with Crippen molar-refractivity contribution in [1.29, 1.82) is 0 Å². The van der Waals surface area contributed by atoms with Gasteiger partial charge >= 0.3 is 0 Å². The normalized spacial score (nSPS) is 14.4. The molecule has 160 valence electrons. The van der Waals surface area contributed by atoms with Crippen molar-refractivity contribution >= 4 is 11.8 Å². The van der Waals surface area contributed by atoms with Crippen LogP contribution in [0.3, 0.4) is 0 Å². The van der Waals surface area contributed by atoms with E-state index in [4.69, 9.17) is 0 Å². The van der Waals surface area contributed by atoms with E-state index in [1.165, 1.54) is 0 Å². The minimum atomic E-state index is 0.0118. The van der Waals surface area contributed by atoms with Crippen LogP contribution in [0.4, 0.5) is 0 Å². The summed E-state index contributed by atoms with van der Waals surface area (Å²) in [6.45, 7) is 3.63. The number of hydrogen-bond acceptors (Lipinski definition) is 4. The van der Waals surface area contributed by atoms with Gasteiger partial charge in [-0.3, -0.25) is 14.6 Å². The minimum Gasteiger partial charge on any atom is -0.350 e. The molecule has 0 spiro atoms. The second-order valence-electron chi connectivity index (χ2n) is 7.95. The van der Waals surface area contributed by atoms with Crippen molar-refractivity contribution in [2.75, 3.05) is 13.1 Å². The summed E-state index contributed by atoms with van der Waals surface area (Å²) in [4.78, 5) is 31.4. The van der Waals surface area contributed by atoms with Crippen molar-refractivity contribution < 1.29 is 9.59 Å². The SMILES string of the molecule is Cc1nn(-c2ccccc2)cc1C(=O)N1CCC(CC(=O)NCc2ccccn2)CC1. The van der Waals surface area contributed by atoms with Gasteiger partial charge in [0.05, 0.1) is 29.2 Å². The Labute approximate surface area is 182 Å². The van der Waals surface area contributed by atoms with Crippen LogP contribution in [0.2, 0.25) is 0 Å². The molecule has 4 rings (SSSR count). The number of hydrogen-bond donors (Lipinski definition) is 1. The number of carbonyl (C=O) groups excluding carboxylic acids is 2. The van der Waals surface area contributed by atoms with Crippen LogP contribution in [0.25, 0.3) is 5.69 Å². The van der Waals surface area contributed by atoms with Gasteiger partial charge in [-0.15, -0.1) is 0 Å². The monoisotopic (exact) mass is 417 g/mol. The third kappa shape index (κ3) is 5.17. The average Bonchev–Trinajstić information content (AvgIpc) is 3.20. The van der Waals surface area contributed by atoms with E-state index >= 15 is 0 Å². The molecule has 2 aromatic heterocycles. The van der Waals surface area contributed by atoms with Gasteiger partial charge in [-0.2, -0.15) is 5.10 Å². The van der Waals surface area contributed by atoms with E-state index in [0.29, 0.717) is 37.5 Å². The van der Waals surface area contributed by atoms with Gasteiger partial charge in [0.2, 0.25) is 5.91 Å². The quantitative estimate of drug-likeness (QED) is 0.668. The fourth-order valence-corrected chi connectivity index (χ4v) is 3.92. The van der Waals surface area contributed by atoms with Gasteiger partial charge in [0.15, 0.2) is 0 Å². The zero-order valence-electron chi connectivity index (χ0n) is 17.7. The predicted octanol–water partition coefficient (Wildman–Crippen LogP) is 3.13. The number of para-hydroxylation sites is 1. The van der Waals surface area contributed by atoms with Crippen molar-refractivity contribution in [2.24, 2.45) is 5.92 Å². The molecular formula is C24H27N5O2. The third-order valence-corrected chi connectivity index (χ3v) is 5.72. The molecular weight excluding hydrogens is 390 g/mol. The van der Waals surface area contributed by atoms with Crippen LogP contribution in [-0.2, 0) is 11.3 Å². The first-order chi connectivity index (χ1) is 15.1. The van der Waals surface area contributed by atoms with E-state index < -0.39 is 0 Å². The smallest absolute Gasteiger partial charge is 0.257 e. The Hall–Kier alpha value is -3.48. The molecule has 7 nitrogen and oxygen atoms in total. The maximum atomic E-state index is 13.0. The first kappa shape index (κ1) is 20.8. The van der Waals surface area contributed by atoms with Crippen molar-refractivity contribution in [3.63, 3.8) is 0 Å². The van der Waals surface area contributed by atoms with Gasteiger partial charge < -0.3 is 10.2 Å². The molecule has 1 aromatic carbocycles. The number of piperidine rings is 1. The van der Waals surface area contributed by atoms with E-state index in [1.807, 2.05) is 66.6 Å². The fraction of sp³-hybridized carbons (Fsp3) is 0.333. The zero-order chi connectivity index (χ0) is 21.6. The van der Waals surface area contributed by atoms with Crippen LogP contribution >= 0.6 is 0 Å². The summed E-state index contributed by atoms with van der Waals surface area (Å²) in [5, 5.41) is 7.45. The Bertz CT molecular complexity index is 1020. The number of carbonyl (C=O) groups is 2. The summed E-state index contributed by atoms with van der Waals surface area (Å²) < 4.78 is 1.75. The molecule has 7 heteroatoms. The highest BCUT2D eigenvalue weighted by molar-refractivity contribution is 5.95. The lowest BCUT2D eigenvalue weighted by atomic mass is 9.93. The van der Waals surface area contributed by atoms with Crippen LogP contribution in [-0.4, -0.2) is 44.6 Å². The van der Waals surface area contributed by atoms with Crippen LogP contribution < -0.4 is 5.32 Å². The topological polar surface area (TPSA) is 80.1 Å². The third-order valence-electron chi connectivity index (χ3n) is 5.72. The van der Waals surface area contributed by atoms with Gasteiger partial charge in [-0.1, -0.05) is 24.3 Å². The van der Waals surface area contributed by atoms with E-state index in [1.54, 1.807) is 10.9 Å². The highest BCUT2D eigenvalue weighted by atomic mass is 16.2. The lowest BCUT2D eigenvalue weighted by Crippen LogP contribution is -2.39. The highest BCUT2D eigenvalue weighted by Gasteiger charge is 2.27. The molecule has 1 saturated heterocycles. The van der Waals surface area contributed by atoms with Crippen LogP contribution in [0.15, 0.2) is 60.9 Å². The van der Waals surface area contributed by atoms with Crippen LogP contribution in [0.1, 0.15) is 41.0 Å². The van der Waals surface area contributed by atoms with Crippen molar-refractivity contribution in [3.8, 4) is 5.69 Å². The summed E-state index contributed by atoms with van der Waals surface area (Å²) in [5.74, 6) is 0.342. The van der Waals surface area contributed by atoms with E-state index in [2.05, 4.69) is 15.4 Å². The molecule has 0 aliphatic carbocycles. The molecule has 1 fully saturated rings. The van der Waals surface area contributed by atoms with Crippen molar-refractivity contribution in [1.82, 2.24) is 25.0 Å². The highest BCUT2D eigenvalue weighted by Crippen LogP contribution is 2.23. The second kappa shape index (κ2) is 9.55. The van der Waals surface area contributed by atoms with Crippen LogP contribution in [0.5, 0.6) is 0 Å². The summed E-state index contributed by atoms with van der Waals surface area (Å²) in [6, 6.07) is 15.4. The molecule has 3 heterocycles. The van der Waals surface area contributed by atoms with Gasteiger partial charge in [0.1, 0.15) is 0 Å². The molecule has 1 aliphatic rings. The molecule has 0 radical (unpaired) electrons. The molecule has 1 N–H and O–H groups in total. The largest absolute Gasteiger partial charge is 0.350 e. The Morgan fingerprint density at radius 3 is 2.52 bits per heavy atom. The Balaban J connectivity index is 1.28. The number of aromatic nitrogens is 3. The van der Waals surface area contributed by atoms with Gasteiger partial charge in [0.25, 0.3) is 5.91 Å². The molecule has 0 saturated carbocycles. The number of pyridine rings is 1. The maximum absolute atomic E-state index is 13.0. The number of likely N-dealkylation sites (tertiary alicyclic amines) is 1. The summed E-state index contributed by atoms with van der Waals surface area (Å²) >= 11 is 0. The summed E-state index contributed by atoms with van der Waals surface area (Å²) in [7, 11) is 0. The standard InChI is InChI=1S/C24H27N5O2/c1-18-22(17-29(27-18)21-8-3-2-4-9-21)24(31)28-13-10-19(11-14-28)15-23(30)26-16-20-7-5-6-12-25-20/h2-9,12,17,19H,10-11,13-16H2,1H3,(H,26,30). The van der Waals surface area contributed by atoms with E-state index in [0.717, 1.165) is 29.9 Å². The Morgan fingerprint density at radius 1 is 1.06 bits per heavy atom. The first-order valence-electron chi connectivity index (χ1n) is 10.7. The summed E-state index contributed by atoms with van der Waals surface area (Å²) in [5.41, 5.74) is 3.14. The van der Waals surface area contributed by atoms with Crippen LogP contribution in [0, 0.1) is 12.8 Å². The number of amides is 2. The van der Waals surface area contributed by atoms with Gasteiger partial charge in [-0.25, -0.2) is 4.68 Å².